The minimum absolute atomic E-state index is 0.0648. The van der Waals surface area contributed by atoms with E-state index in [-0.39, 0.29) is 39.4 Å². The van der Waals surface area contributed by atoms with Gasteiger partial charge in [-0.05, 0) is 30.3 Å². The number of aromatic nitrogens is 2. The van der Waals surface area contributed by atoms with Crippen LogP contribution >= 0.6 is 0 Å². The summed E-state index contributed by atoms with van der Waals surface area (Å²) in [5.74, 6) is -2.13. The van der Waals surface area contributed by atoms with E-state index in [1.54, 1.807) is 0 Å². The van der Waals surface area contributed by atoms with Crippen molar-refractivity contribution < 1.29 is 32.6 Å². The smallest absolute Gasteiger partial charge is 0.321 e. The minimum Gasteiger partial charge on any atom is -0.545 e. The van der Waals surface area contributed by atoms with Gasteiger partial charge in [0.2, 0.25) is 5.88 Å². The van der Waals surface area contributed by atoms with Crippen LogP contribution in [0.15, 0.2) is 59.5 Å². The number of methoxy groups -OCH3 is 2. The van der Waals surface area contributed by atoms with Crippen molar-refractivity contribution in [1.29, 1.82) is 0 Å². The van der Waals surface area contributed by atoms with Gasteiger partial charge in [-0.15, -0.1) is 0 Å². The van der Waals surface area contributed by atoms with Gasteiger partial charge in [0, 0.05) is 22.9 Å². The fourth-order valence-electron chi connectivity index (χ4n) is 2.62. The van der Waals surface area contributed by atoms with Crippen LogP contribution in [-0.4, -0.2) is 44.5 Å². The zero-order chi connectivity index (χ0) is 23.3. The van der Waals surface area contributed by atoms with Crippen LogP contribution in [0.1, 0.15) is 20.7 Å². The SMILES string of the molecule is COc1cc(NS(=O)(=O)c2ccc(NC(=O)c3ccccc3C(=O)[O-])cc2)nc(OC)n1. The van der Waals surface area contributed by atoms with Crippen LogP contribution in [0.2, 0.25) is 0 Å². The number of anilines is 2. The summed E-state index contributed by atoms with van der Waals surface area (Å²) >= 11 is 0. The van der Waals surface area contributed by atoms with Crippen LogP contribution in [-0.2, 0) is 10.0 Å². The number of ether oxygens (including phenoxy) is 2. The number of hydrogen-bond acceptors (Lipinski definition) is 9. The second-order valence-corrected chi connectivity index (χ2v) is 7.88. The standard InChI is InChI=1S/C20H18N4O7S/c1-30-17-11-16(22-20(23-17)31-2)24-32(28,29)13-9-7-12(8-10-13)21-18(25)14-5-3-4-6-15(14)19(26)27/h3-11H,1-2H3,(H,21,25)(H,26,27)(H,22,23,24)/p-1. The summed E-state index contributed by atoms with van der Waals surface area (Å²) in [4.78, 5) is 31.3. The van der Waals surface area contributed by atoms with Crippen molar-refractivity contribution in [3.8, 4) is 11.9 Å². The number of carboxylic acid groups (broad SMARTS) is 1. The number of amides is 1. The molecule has 0 unspecified atom stereocenters. The highest BCUT2D eigenvalue weighted by Gasteiger charge is 2.18. The summed E-state index contributed by atoms with van der Waals surface area (Å²) in [5.41, 5.74) is -0.0888. The van der Waals surface area contributed by atoms with E-state index >= 15 is 0 Å². The molecule has 1 aromatic heterocycles. The summed E-state index contributed by atoms with van der Waals surface area (Å²) < 4.78 is 37.5. The summed E-state index contributed by atoms with van der Waals surface area (Å²) in [7, 11) is -1.34. The molecule has 0 saturated carbocycles. The summed E-state index contributed by atoms with van der Waals surface area (Å²) in [6.45, 7) is 0. The Morgan fingerprint density at radius 1 is 0.938 bits per heavy atom. The van der Waals surface area contributed by atoms with E-state index in [1.165, 1.54) is 68.8 Å². The molecule has 12 heteroatoms. The highest BCUT2D eigenvalue weighted by molar-refractivity contribution is 7.92. The second kappa shape index (κ2) is 9.31. The largest absolute Gasteiger partial charge is 0.545 e. The summed E-state index contributed by atoms with van der Waals surface area (Å²) in [5, 5.41) is 13.7. The molecule has 0 radical (unpaired) electrons. The lowest BCUT2D eigenvalue weighted by Gasteiger charge is -2.12. The van der Waals surface area contributed by atoms with Crippen molar-refractivity contribution >= 4 is 33.4 Å². The van der Waals surface area contributed by atoms with Gasteiger partial charge in [0.05, 0.1) is 25.1 Å². The molecule has 3 aromatic rings. The Bertz CT molecular complexity index is 1240. The number of rotatable bonds is 8. The van der Waals surface area contributed by atoms with Gasteiger partial charge in [-0.25, -0.2) is 8.42 Å². The molecular weight excluding hydrogens is 440 g/mol. The Morgan fingerprint density at radius 2 is 1.59 bits per heavy atom. The molecule has 0 atom stereocenters. The molecule has 0 fully saturated rings. The Hall–Kier alpha value is -4.19. The molecule has 1 heterocycles. The number of carbonyl (C=O) groups excluding carboxylic acids is 2. The van der Waals surface area contributed by atoms with Crippen molar-refractivity contribution in [2.45, 2.75) is 4.90 Å². The lowest BCUT2D eigenvalue weighted by atomic mass is 10.1. The molecule has 2 aromatic carbocycles. The average Bonchev–Trinajstić information content (AvgIpc) is 2.78. The maximum atomic E-state index is 12.7. The van der Waals surface area contributed by atoms with Gasteiger partial charge in [-0.3, -0.25) is 9.52 Å². The van der Waals surface area contributed by atoms with Gasteiger partial charge < -0.3 is 24.7 Å². The molecule has 2 N–H and O–H groups in total. The monoisotopic (exact) mass is 457 g/mol. The van der Waals surface area contributed by atoms with Crippen molar-refractivity contribution in [2.24, 2.45) is 0 Å². The van der Waals surface area contributed by atoms with Crippen LogP contribution in [0.5, 0.6) is 11.9 Å². The van der Waals surface area contributed by atoms with Gasteiger partial charge in [-0.1, -0.05) is 18.2 Å². The second-order valence-electron chi connectivity index (χ2n) is 6.20. The first-order valence-electron chi connectivity index (χ1n) is 8.95. The van der Waals surface area contributed by atoms with Gasteiger partial charge >= 0.3 is 6.01 Å². The first kappa shape index (κ1) is 22.5. The molecule has 0 aliphatic rings. The van der Waals surface area contributed by atoms with Crippen molar-refractivity contribution in [1.82, 2.24) is 9.97 Å². The van der Waals surface area contributed by atoms with Crippen molar-refractivity contribution in [2.75, 3.05) is 24.3 Å². The third-order valence-corrected chi connectivity index (χ3v) is 5.50. The van der Waals surface area contributed by atoms with Crippen LogP contribution in [0.3, 0.4) is 0 Å². The first-order valence-corrected chi connectivity index (χ1v) is 10.4. The van der Waals surface area contributed by atoms with E-state index in [1.807, 2.05) is 0 Å². The predicted octanol–water partition coefficient (Wildman–Crippen LogP) is 0.910. The fourth-order valence-corrected chi connectivity index (χ4v) is 3.62. The zero-order valence-electron chi connectivity index (χ0n) is 16.9. The molecule has 0 spiro atoms. The number of benzene rings is 2. The molecule has 32 heavy (non-hydrogen) atoms. The van der Waals surface area contributed by atoms with Gasteiger partial charge in [0.15, 0.2) is 5.82 Å². The normalized spacial score (nSPS) is 10.8. The quantitative estimate of drug-likeness (QED) is 0.501. The van der Waals surface area contributed by atoms with Crippen LogP contribution in [0, 0.1) is 0 Å². The maximum absolute atomic E-state index is 12.7. The van der Waals surface area contributed by atoms with Gasteiger partial charge in [-0.2, -0.15) is 9.97 Å². The Kier molecular flexibility index (Phi) is 6.54. The number of hydrogen-bond donors (Lipinski definition) is 2. The van der Waals surface area contributed by atoms with E-state index in [0.29, 0.717) is 0 Å². The van der Waals surface area contributed by atoms with E-state index < -0.39 is 21.9 Å². The molecular formula is C20H17N4O7S-. The van der Waals surface area contributed by atoms with Gasteiger partial charge in [0.1, 0.15) is 0 Å². The Labute approximate surface area is 183 Å². The molecule has 166 valence electrons. The zero-order valence-corrected chi connectivity index (χ0v) is 17.7. The lowest BCUT2D eigenvalue weighted by molar-refractivity contribution is -0.255. The Morgan fingerprint density at radius 3 is 2.19 bits per heavy atom. The molecule has 3 rings (SSSR count). The highest BCUT2D eigenvalue weighted by Crippen LogP contribution is 2.22. The van der Waals surface area contributed by atoms with Crippen molar-refractivity contribution in [3.05, 3.63) is 65.7 Å². The van der Waals surface area contributed by atoms with E-state index in [0.717, 1.165) is 0 Å². The number of nitrogens with one attached hydrogen (secondary N) is 2. The molecule has 1 amide bonds. The molecule has 0 aliphatic heterocycles. The number of carboxylic acids is 1. The highest BCUT2D eigenvalue weighted by atomic mass is 32.2. The number of aromatic carboxylic acids is 1. The van der Waals surface area contributed by atoms with Gasteiger partial charge in [0.25, 0.3) is 15.9 Å². The fraction of sp³-hybridized carbons (Fsp3) is 0.100. The van der Waals surface area contributed by atoms with E-state index in [9.17, 15) is 23.1 Å². The molecule has 11 nitrogen and oxygen atoms in total. The number of carbonyl (C=O) groups is 2. The predicted molar refractivity (Wildman–Crippen MR) is 111 cm³/mol. The number of nitrogens with zero attached hydrogens (tertiary/aromatic N) is 2. The number of sulfonamides is 1. The van der Waals surface area contributed by atoms with E-state index in [4.69, 9.17) is 9.47 Å². The summed E-state index contributed by atoms with van der Waals surface area (Å²) in [6.07, 6.45) is 0. The van der Waals surface area contributed by atoms with E-state index in [2.05, 4.69) is 20.0 Å². The topological polar surface area (TPSA) is 160 Å². The Balaban J connectivity index is 1.78. The maximum Gasteiger partial charge on any atom is 0.321 e. The summed E-state index contributed by atoms with van der Waals surface area (Å²) in [6, 6.07) is 12.0. The van der Waals surface area contributed by atoms with Crippen LogP contribution in [0.4, 0.5) is 11.5 Å². The molecule has 0 aliphatic carbocycles. The third-order valence-electron chi connectivity index (χ3n) is 4.13. The molecule has 0 bridgehead atoms. The van der Waals surface area contributed by atoms with Crippen molar-refractivity contribution in [3.63, 3.8) is 0 Å². The lowest BCUT2D eigenvalue weighted by Crippen LogP contribution is -2.26. The average molecular weight is 457 g/mol. The first-order chi connectivity index (χ1) is 15.2. The molecule has 0 saturated heterocycles. The van der Waals surface area contributed by atoms with Crippen LogP contribution < -0.4 is 24.6 Å². The van der Waals surface area contributed by atoms with Crippen LogP contribution in [0.25, 0.3) is 0 Å². The minimum atomic E-state index is -4.03. The third kappa shape index (κ3) is 5.10.